The number of ether oxygens (including phenoxy) is 2. The molecule has 0 amide bonds. The van der Waals surface area contributed by atoms with Crippen molar-refractivity contribution in [3.05, 3.63) is 58.9 Å². The summed E-state index contributed by atoms with van der Waals surface area (Å²) in [4.78, 5) is 12.7. The van der Waals surface area contributed by atoms with Gasteiger partial charge >= 0.3 is 0 Å². The number of phenolic OH excluding ortho intramolecular Hbond substituents is 1. The maximum Gasteiger partial charge on any atom is 0.192 e. The molecule has 0 aromatic heterocycles. The van der Waals surface area contributed by atoms with Gasteiger partial charge in [-0.1, -0.05) is 6.07 Å². The Morgan fingerprint density at radius 2 is 2.12 bits per heavy atom. The minimum Gasteiger partial charge on any atom is -0.504 e. The molecule has 2 aromatic carbocycles. The molecule has 2 aromatic rings. The molecule has 124 valence electrons. The molecular weight excluding hydrogens is 311 g/mol. The lowest BCUT2D eigenvalue weighted by molar-refractivity contribution is 0.103. The van der Waals surface area contributed by atoms with Crippen molar-refractivity contribution in [3.63, 3.8) is 0 Å². The second-order valence-electron chi connectivity index (χ2n) is 5.40. The summed E-state index contributed by atoms with van der Waals surface area (Å²) in [6.45, 7) is 2.59. The van der Waals surface area contributed by atoms with Crippen molar-refractivity contribution in [1.82, 2.24) is 0 Å². The van der Waals surface area contributed by atoms with Crippen LogP contribution in [0.15, 0.2) is 42.0 Å². The quantitative estimate of drug-likeness (QED) is 0.866. The van der Waals surface area contributed by atoms with E-state index in [0.29, 0.717) is 36.7 Å². The Morgan fingerprint density at radius 1 is 1.29 bits per heavy atom. The molecule has 0 aliphatic carbocycles. The van der Waals surface area contributed by atoms with Crippen molar-refractivity contribution in [2.45, 2.75) is 13.3 Å². The van der Waals surface area contributed by atoms with E-state index in [1.165, 1.54) is 24.3 Å². The van der Waals surface area contributed by atoms with Crippen molar-refractivity contribution >= 4 is 11.9 Å². The first kappa shape index (κ1) is 16.1. The van der Waals surface area contributed by atoms with Gasteiger partial charge in [0.25, 0.3) is 0 Å². The summed E-state index contributed by atoms with van der Waals surface area (Å²) in [5.41, 5.74) is 1.47. The minimum atomic E-state index is -0.477. The number of Topliss-reactive ketones (excluding diaryl/α,β-unsaturated/α-hetero) is 1. The van der Waals surface area contributed by atoms with Crippen LogP contribution in [0.25, 0.3) is 6.08 Å². The van der Waals surface area contributed by atoms with Gasteiger partial charge in [0.2, 0.25) is 0 Å². The van der Waals surface area contributed by atoms with Crippen molar-refractivity contribution in [3.8, 4) is 17.2 Å². The Labute approximate surface area is 139 Å². The monoisotopic (exact) mass is 328 g/mol. The zero-order chi connectivity index (χ0) is 17.1. The van der Waals surface area contributed by atoms with Gasteiger partial charge in [0, 0.05) is 12.0 Å². The maximum absolute atomic E-state index is 13.5. The molecule has 0 saturated carbocycles. The van der Waals surface area contributed by atoms with Gasteiger partial charge in [-0.15, -0.1) is 0 Å². The summed E-state index contributed by atoms with van der Waals surface area (Å²) in [5, 5.41) is 9.76. The van der Waals surface area contributed by atoms with Gasteiger partial charge < -0.3 is 14.6 Å². The summed E-state index contributed by atoms with van der Waals surface area (Å²) < 4.78 is 24.3. The van der Waals surface area contributed by atoms with Crippen molar-refractivity contribution < 1.29 is 23.8 Å². The Balaban J connectivity index is 1.98. The predicted octanol–water partition coefficient (Wildman–Crippen LogP) is 3.98. The molecule has 4 nitrogen and oxygen atoms in total. The number of carbonyl (C=O) groups is 1. The van der Waals surface area contributed by atoms with Gasteiger partial charge in [-0.25, -0.2) is 4.39 Å². The van der Waals surface area contributed by atoms with Crippen LogP contribution < -0.4 is 9.47 Å². The fourth-order valence-corrected chi connectivity index (χ4v) is 2.59. The Morgan fingerprint density at radius 3 is 2.92 bits per heavy atom. The van der Waals surface area contributed by atoms with Crippen molar-refractivity contribution in [2.24, 2.45) is 0 Å². The number of carbonyl (C=O) groups excluding carboxylic acids is 1. The van der Waals surface area contributed by atoms with Gasteiger partial charge in [-0.05, 0) is 48.9 Å². The number of benzene rings is 2. The highest BCUT2D eigenvalue weighted by molar-refractivity contribution is 6.13. The SMILES string of the molecule is CCOc1cc(/C=C2\CCOc3ccc(F)cc3C2=O)ccc1O. The van der Waals surface area contributed by atoms with Crippen LogP contribution in [0.4, 0.5) is 4.39 Å². The van der Waals surface area contributed by atoms with E-state index in [1.807, 2.05) is 6.92 Å². The van der Waals surface area contributed by atoms with Crippen LogP contribution in [0.2, 0.25) is 0 Å². The molecule has 0 unspecified atom stereocenters. The minimum absolute atomic E-state index is 0.0435. The van der Waals surface area contributed by atoms with E-state index in [-0.39, 0.29) is 17.1 Å². The van der Waals surface area contributed by atoms with Crippen LogP contribution in [0.1, 0.15) is 29.3 Å². The van der Waals surface area contributed by atoms with E-state index in [9.17, 15) is 14.3 Å². The lowest BCUT2D eigenvalue weighted by Crippen LogP contribution is -2.02. The van der Waals surface area contributed by atoms with E-state index in [0.717, 1.165) is 5.56 Å². The number of fused-ring (bicyclic) bond motifs is 1. The second-order valence-corrected chi connectivity index (χ2v) is 5.40. The van der Waals surface area contributed by atoms with Crippen LogP contribution in [0, 0.1) is 5.82 Å². The van der Waals surface area contributed by atoms with Crippen molar-refractivity contribution in [2.75, 3.05) is 13.2 Å². The normalized spacial score (nSPS) is 15.6. The predicted molar refractivity (Wildman–Crippen MR) is 88.1 cm³/mol. The average molecular weight is 328 g/mol. The molecule has 0 radical (unpaired) electrons. The smallest absolute Gasteiger partial charge is 0.192 e. The maximum atomic E-state index is 13.5. The molecule has 0 spiro atoms. The molecule has 1 aliphatic heterocycles. The molecule has 1 heterocycles. The molecule has 0 saturated heterocycles. The van der Waals surface area contributed by atoms with Crippen LogP contribution in [-0.4, -0.2) is 24.1 Å². The van der Waals surface area contributed by atoms with Crippen molar-refractivity contribution in [1.29, 1.82) is 0 Å². The standard InChI is InChI=1S/C19H17FO4/c1-2-23-18-10-12(3-5-16(18)21)9-13-7-8-24-17-6-4-14(20)11-15(17)19(13)22/h3-6,9-11,21H,2,7-8H2,1H3/b13-9+. The van der Waals surface area contributed by atoms with E-state index in [1.54, 1.807) is 18.2 Å². The highest BCUT2D eigenvalue weighted by Crippen LogP contribution is 2.31. The molecule has 0 atom stereocenters. The van der Waals surface area contributed by atoms with Gasteiger partial charge in [0.1, 0.15) is 11.6 Å². The zero-order valence-electron chi connectivity index (χ0n) is 13.2. The fraction of sp³-hybridized carbons (Fsp3) is 0.211. The first-order valence-corrected chi connectivity index (χ1v) is 7.72. The lowest BCUT2D eigenvalue weighted by atomic mass is 9.99. The summed E-state index contributed by atoms with van der Waals surface area (Å²) in [5.74, 6) is 0.0614. The Kier molecular flexibility index (Phi) is 4.51. The summed E-state index contributed by atoms with van der Waals surface area (Å²) >= 11 is 0. The number of rotatable bonds is 3. The molecule has 1 aliphatic rings. The summed E-state index contributed by atoms with van der Waals surface area (Å²) in [6.07, 6.45) is 2.13. The average Bonchev–Trinajstić information content (AvgIpc) is 2.71. The third kappa shape index (κ3) is 3.25. The van der Waals surface area contributed by atoms with Gasteiger partial charge in [0.05, 0.1) is 18.8 Å². The van der Waals surface area contributed by atoms with Gasteiger partial charge in [-0.2, -0.15) is 0 Å². The number of hydrogen-bond acceptors (Lipinski definition) is 4. The largest absolute Gasteiger partial charge is 0.504 e. The molecule has 0 bridgehead atoms. The van der Waals surface area contributed by atoms with Gasteiger partial charge in [0.15, 0.2) is 17.3 Å². The number of ketones is 1. The van der Waals surface area contributed by atoms with E-state index in [2.05, 4.69) is 0 Å². The second kappa shape index (κ2) is 6.74. The first-order valence-electron chi connectivity index (χ1n) is 7.72. The first-order chi connectivity index (χ1) is 11.6. The number of hydrogen-bond donors (Lipinski definition) is 1. The highest BCUT2D eigenvalue weighted by atomic mass is 19.1. The van der Waals surface area contributed by atoms with Crippen LogP contribution >= 0.6 is 0 Å². The third-order valence-corrected chi connectivity index (χ3v) is 3.73. The zero-order valence-corrected chi connectivity index (χ0v) is 13.2. The fourth-order valence-electron chi connectivity index (χ4n) is 2.59. The highest BCUT2D eigenvalue weighted by Gasteiger charge is 2.22. The molecule has 5 heteroatoms. The van der Waals surface area contributed by atoms with Gasteiger partial charge in [-0.3, -0.25) is 4.79 Å². The molecule has 24 heavy (non-hydrogen) atoms. The Hall–Kier alpha value is -2.82. The van der Waals surface area contributed by atoms with Crippen LogP contribution in [0.3, 0.4) is 0 Å². The Bertz CT molecular complexity index is 811. The van der Waals surface area contributed by atoms with E-state index < -0.39 is 5.82 Å². The number of aromatic hydroxyl groups is 1. The molecule has 3 rings (SSSR count). The van der Waals surface area contributed by atoms with E-state index in [4.69, 9.17) is 9.47 Å². The number of phenols is 1. The lowest BCUT2D eigenvalue weighted by Gasteiger charge is -2.07. The third-order valence-electron chi connectivity index (χ3n) is 3.73. The molecular formula is C19H17FO4. The van der Waals surface area contributed by atoms with Crippen LogP contribution in [-0.2, 0) is 0 Å². The van der Waals surface area contributed by atoms with Crippen LogP contribution in [0.5, 0.6) is 17.2 Å². The molecule has 1 N–H and O–H groups in total. The molecule has 0 fully saturated rings. The van der Waals surface area contributed by atoms with E-state index >= 15 is 0 Å². The number of halogens is 1. The summed E-state index contributed by atoms with van der Waals surface area (Å²) in [7, 11) is 0. The summed E-state index contributed by atoms with van der Waals surface area (Å²) in [6, 6.07) is 8.81. The topological polar surface area (TPSA) is 55.8 Å².